The molecule has 2 heterocycles. The highest BCUT2D eigenvalue weighted by Crippen LogP contribution is 2.14. The van der Waals surface area contributed by atoms with Crippen LogP contribution in [0.25, 0.3) is 11.5 Å². The molecule has 0 bridgehead atoms. The topological polar surface area (TPSA) is 72.8 Å². The van der Waals surface area contributed by atoms with Gasteiger partial charge in [-0.3, -0.25) is 0 Å². The first-order chi connectivity index (χ1) is 9.58. The summed E-state index contributed by atoms with van der Waals surface area (Å²) in [5.74, 6) is 1.06. The van der Waals surface area contributed by atoms with Gasteiger partial charge in [0.05, 0.1) is 12.8 Å². The van der Waals surface area contributed by atoms with Gasteiger partial charge in [0.15, 0.2) is 5.82 Å². The molecule has 0 atom stereocenters. The number of nitrogens with one attached hydrogen (secondary N) is 1. The van der Waals surface area contributed by atoms with Crippen molar-refractivity contribution < 1.29 is 4.74 Å². The third kappa shape index (κ3) is 3.71. The lowest BCUT2D eigenvalue weighted by atomic mass is 10.3. The first-order valence-corrected chi connectivity index (χ1v) is 6.54. The molecule has 0 saturated heterocycles. The average Bonchev–Trinajstić information content (AvgIpc) is 2.44. The summed E-state index contributed by atoms with van der Waals surface area (Å²) in [4.78, 5) is 8.92. The van der Waals surface area contributed by atoms with E-state index in [1.807, 2.05) is 13.0 Å². The Labute approximate surface area is 118 Å². The number of methoxy groups -OCH3 is 1. The molecule has 0 aliphatic rings. The highest BCUT2D eigenvalue weighted by Gasteiger charge is 2.08. The minimum absolute atomic E-state index is 0.412. The number of rotatable bonds is 5. The van der Waals surface area contributed by atoms with Crippen molar-refractivity contribution in [2.75, 3.05) is 7.11 Å². The van der Waals surface area contributed by atoms with Crippen molar-refractivity contribution in [3.8, 4) is 17.4 Å². The van der Waals surface area contributed by atoms with Crippen LogP contribution in [-0.2, 0) is 6.54 Å². The minimum Gasteiger partial charge on any atom is -0.480 e. The van der Waals surface area contributed by atoms with Crippen LogP contribution >= 0.6 is 0 Å². The van der Waals surface area contributed by atoms with E-state index in [0.29, 0.717) is 30.0 Å². The molecule has 0 saturated carbocycles. The van der Waals surface area contributed by atoms with E-state index in [9.17, 15) is 0 Å². The van der Waals surface area contributed by atoms with E-state index in [-0.39, 0.29) is 0 Å². The zero-order chi connectivity index (χ0) is 14.5. The van der Waals surface area contributed by atoms with Gasteiger partial charge in [-0.05, 0) is 19.1 Å². The van der Waals surface area contributed by atoms with E-state index < -0.39 is 0 Å². The number of aromatic nitrogens is 4. The summed E-state index contributed by atoms with van der Waals surface area (Å²) in [6.45, 7) is 6.85. The van der Waals surface area contributed by atoms with Crippen LogP contribution < -0.4 is 10.1 Å². The third-order valence-electron chi connectivity index (χ3n) is 2.68. The fraction of sp³-hybridized carbons (Fsp3) is 0.429. The monoisotopic (exact) mass is 273 g/mol. The molecule has 0 fully saturated rings. The van der Waals surface area contributed by atoms with Gasteiger partial charge >= 0.3 is 0 Å². The summed E-state index contributed by atoms with van der Waals surface area (Å²) in [5, 5.41) is 11.4. The lowest BCUT2D eigenvalue weighted by Crippen LogP contribution is -2.22. The molecule has 0 aromatic carbocycles. The van der Waals surface area contributed by atoms with E-state index in [4.69, 9.17) is 4.74 Å². The summed E-state index contributed by atoms with van der Waals surface area (Å²) in [6, 6.07) is 5.94. The number of aryl methyl sites for hydroxylation is 1. The number of hydrogen-bond acceptors (Lipinski definition) is 6. The molecule has 0 aliphatic carbocycles. The molecule has 0 amide bonds. The quantitative estimate of drug-likeness (QED) is 0.894. The van der Waals surface area contributed by atoms with Gasteiger partial charge in [-0.15, -0.1) is 10.2 Å². The van der Waals surface area contributed by atoms with E-state index in [1.54, 1.807) is 19.2 Å². The van der Waals surface area contributed by atoms with Crippen LogP contribution in [0.15, 0.2) is 18.2 Å². The van der Waals surface area contributed by atoms with E-state index in [1.165, 1.54) is 0 Å². The maximum Gasteiger partial charge on any atom is 0.233 e. The van der Waals surface area contributed by atoms with Crippen LogP contribution in [0.2, 0.25) is 0 Å². The molecule has 0 unspecified atom stereocenters. The molecule has 2 aromatic rings. The fourth-order valence-corrected chi connectivity index (χ4v) is 1.70. The van der Waals surface area contributed by atoms with Crippen LogP contribution in [0.5, 0.6) is 5.88 Å². The summed E-state index contributed by atoms with van der Waals surface area (Å²) >= 11 is 0. The number of ether oxygens (including phenoxy) is 1. The van der Waals surface area contributed by atoms with Crippen molar-refractivity contribution in [2.45, 2.75) is 33.4 Å². The molecular formula is C14H19N5O. The van der Waals surface area contributed by atoms with Crippen LogP contribution in [-0.4, -0.2) is 33.3 Å². The molecule has 2 rings (SSSR count). The van der Waals surface area contributed by atoms with Gasteiger partial charge in [0, 0.05) is 24.3 Å². The molecule has 2 aromatic heterocycles. The van der Waals surface area contributed by atoms with Crippen molar-refractivity contribution >= 4 is 0 Å². The molecular weight excluding hydrogens is 254 g/mol. The Balaban J connectivity index is 2.26. The SMILES string of the molecule is COc1ccc(-c2nc(C)cc(CNC(C)C)n2)nn1. The number of hydrogen-bond donors (Lipinski definition) is 1. The molecule has 6 heteroatoms. The number of nitrogens with zero attached hydrogens (tertiary/aromatic N) is 4. The first kappa shape index (κ1) is 14.3. The van der Waals surface area contributed by atoms with Crippen LogP contribution in [0, 0.1) is 6.92 Å². The van der Waals surface area contributed by atoms with Crippen LogP contribution in [0.4, 0.5) is 0 Å². The smallest absolute Gasteiger partial charge is 0.233 e. The van der Waals surface area contributed by atoms with Gasteiger partial charge in [-0.2, -0.15) is 0 Å². The molecule has 0 aliphatic heterocycles. The summed E-state index contributed by atoms with van der Waals surface area (Å²) < 4.78 is 4.99. The predicted molar refractivity (Wildman–Crippen MR) is 76.3 cm³/mol. The van der Waals surface area contributed by atoms with Crippen molar-refractivity contribution in [3.05, 3.63) is 29.6 Å². The zero-order valence-electron chi connectivity index (χ0n) is 12.2. The lowest BCUT2D eigenvalue weighted by molar-refractivity contribution is 0.392. The Bertz CT molecular complexity index is 568. The second-order valence-corrected chi connectivity index (χ2v) is 4.82. The van der Waals surface area contributed by atoms with Crippen molar-refractivity contribution in [3.63, 3.8) is 0 Å². The Morgan fingerprint density at radius 1 is 1.20 bits per heavy atom. The van der Waals surface area contributed by atoms with Gasteiger partial charge in [-0.25, -0.2) is 9.97 Å². The predicted octanol–water partition coefficient (Wildman–Crippen LogP) is 1.75. The second-order valence-electron chi connectivity index (χ2n) is 4.82. The van der Waals surface area contributed by atoms with Gasteiger partial charge in [0.2, 0.25) is 5.88 Å². The molecule has 0 spiro atoms. The average molecular weight is 273 g/mol. The van der Waals surface area contributed by atoms with Crippen molar-refractivity contribution in [1.29, 1.82) is 0 Å². The molecule has 0 radical (unpaired) electrons. The second kappa shape index (κ2) is 6.38. The molecule has 6 nitrogen and oxygen atoms in total. The summed E-state index contributed by atoms with van der Waals surface area (Å²) in [5.41, 5.74) is 2.49. The van der Waals surface area contributed by atoms with Gasteiger partial charge < -0.3 is 10.1 Å². The Kier molecular flexibility index (Phi) is 4.57. The maximum atomic E-state index is 4.99. The highest BCUT2D eigenvalue weighted by atomic mass is 16.5. The van der Waals surface area contributed by atoms with Crippen molar-refractivity contribution in [2.24, 2.45) is 0 Å². The lowest BCUT2D eigenvalue weighted by Gasteiger charge is -2.09. The Morgan fingerprint density at radius 3 is 2.60 bits per heavy atom. The summed E-state index contributed by atoms with van der Waals surface area (Å²) in [7, 11) is 1.56. The van der Waals surface area contributed by atoms with Gasteiger partial charge in [-0.1, -0.05) is 13.8 Å². The standard InChI is InChI=1S/C14H19N5O/c1-9(2)15-8-11-7-10(3)16-14(17-11)12-5-6-13(20-4)19-18-12/h5-7,9,15H,8H2,1-4H3. The third-order valence-corrected chi connectivity index (χ3v) is 2.68. The van der Waals surface area contributed by atoms with E-state index in [2.05, 4.69) is 39.3 Å². The Hall–Kier alpha value is -2.08. The normalized spacial score (nSPS) is 10.8. The molecule has 20 heavy (non-hydrogen) atoms. The highest BCUT2D eigenvalue weighted by molar-refractivity contribution is 5.48. The zero-order valence-corrected chi connectivity index (χ0v) is 12.2. The largest absolute Gasteiger partial charge is 0.480 e. The summed E-state index contributed by atoms with van der Waals surface area (Å²) in [6.07, 6.45) is 0. The molecule has 106 valence electrons. The van der Waals surface area contributed by atoms with Gasteiger partial charge in [0.25, 0.3) is 0 Å². The molecule has 1 N–H and O–H groups in total. The fourth-order valence-electron chi connectivity index (χ4n) is 1.70. The van der Waals surface area contributed by atoms with E-state index >= 15 is 0 Å². The van der Waals surface area contributed by atoms with E-state index in [0.717, 1.165) is 11.4 Å². The van der Waals surface area contributed by atoms with Crippen molar-refractivity contribution in [1.82, 2.24) is 25.5 Å². The minimum atomic E-state index is 0.412. The maximum absolute atomic E-state index is 4.99. The van der Waals surface area contributed by atoms with Gasteiger partial charge in [0.1, 0.15) is 5.69 Å². The van der Waals surface area contributed by atoms with Crippen LogP contribution in [0.3, 0.4) is 0 Å². The Morgan fingerprint density at radius 2 is 2.00 bits per heavy atom. The first-order valence-electron chi connectivity index (χ1n) is 6.54. The van der Waals surface area contributed by atoms with Crippen LogP contribution in [0.1, 0.15) is 25.2 Å².